The van der Waals surface area contributed by atoms with Crippen molar-refractivity contribution in [2.45, 2.75) is 7.43 Å². The van der Waals surface area contributed by atoms with E-state index in [4.69, 9.17) is 5.26 Å². The Balaban J connectivity index is 0.000001000. The standard InChI is InChI=1S/C9H7N.CH4/c1-8(7-10)9-5-3-2-4-6-9;/h2-6H,1H2;1H4. The molecule has 0 aliphatic carbocycles. The second-order valence-electron chi connectivity index (χ2n) is 1.96. The van der Waals surface area contributed by atoms with Gasteiger partial charge >= 0.3 is 0 Å². The van der Waals surface area contributed by atoms with E-state index < -0.39 is 0 Å². The molecule has 0 unspecified atom stereocenters. The third-order valence-electron chi connectivity index (χ3n) is 1.26. The largest absolute Gasteiger partial charge is 0.192 e. The first-order valence-corrected chi connectivity index (χ1v) is 2.99. The minimum atomic E-state index is 0. The Kier molecular flexibility index (Phi) is 3.69. The van der Waals surface area contributed by atoms with Gasteiger partial charge in [0.25, 0.3) is 0 Å². The first kappa shape index (κ1) is 9.45. The molecule has 0 radical (unpaired) electrons. The van der Waals surface area contributed by atoms with Crippen LogP contribution in [-0.4, -0.2) is 0 Å². The monoisotopic (exact) mass is 145 g/mol. The summed E-state index contributed by atoms with van der Waals surface area (Å²) in [7, 11) is 0. The van der Waals surface area contributed by atoms with Crippen LogP contribution in [0.1, 0.15) is 13.0 Å². The predicted molar refractivity (Wildman–Crippen MR) is 47.8 cm³/mol. The molecule has 56 valence electrons. The van der Waals surface area contributed by atoms with Crippen molar-refractivity contribution in [3.05, 3.63) is 42.5 Å². The fraction of sp³-hybridized carbons (Fsp3) is 0.100. The van der Waals surface area contributed by atoms with Gasteiger partial charge in [-0.1, -0.05) is 44.3 Å². The normalized spacial score (nSPS) is 7.55. The molecule has 0 spiro atoms. The highest BCUT2D eigenvalue weighted by Gasteiger charge is 1.91. The minimum Gasteiger partial charge on any atom is -0.192 e. The SMILES string of the molecule is C.C=C(C#N)c1ccccc1. The number of allylic oxidation sites excluding steroid dienone is 1. The maximum atomic E-state index is 8.44. The van der Waals surface area contributed by atoms with Crippen LogP contribution < -0.4 is 0 Å². The summed E-state index contributed by atoms with van der Waals surface area (Å²) in [5.74, 6) is 0. The molecule has 0 saturated carbocycles. The average Bonchev–Trinajstić information content (AvgIpc) is 2.05. The molecule has 1 aromatic carbocycles. The van der Waals surface area contributed by atoms with Crippen molar-refractivity contribution >= 4 is 5.57 Å². The van der Waals surface area contributed by atoms with Crippen LogP contribution in [0.3, 0.4) is 0 Å². The Morgan fingerprint density at radius 3 is 2.27 bits per heavy atom. The van der Waals surface area contributed by atoms with Gasteiger partial charge < -0.3 is 0 Å². The smallest absolute Gasteiger partial charge is 0.0991 e. The van der Waals surface area contributed by atoms with E-state index in [0.29, 0.717) is 5.57 Å². The maximum absolute atomic E-state index is 8.44. The molecule has 0 amide bonds. The van der Waals surface area contributed by atoms with E-state index in [-0.39, 0.29) is 7.43 Å². The molecule has 1 aromatic rings. The summed E-state index contributed by atoms with van der Waals surface area (Å²) in [6, 6.07) is 11.4. The quantitative estimate of drug-likeness (QED) is 0.557. The molecule has 1 rings (SSSR count). The molecule has 0 aromatic heterocycles. The molecule has 0 N–H and O–H groups in total. The second-order valence-corrected chi connectivity index (χ2v) is 1.96. The summed E-state index contributed by atoms with van der Waals surface area (Å²) in [6.07, 6.45) is 0. The molecule has 0 aliphatic heterocycles. The molecule has 0 aliphatic rings. The fourth-order valence-electron chi connectivity index (χ4n) is 0.704. The van der Waals surface area contributed by atoms with E-state index in [1.807, 2.05) is 36.4 Å². The summed E-state index contributed by atoms with van der Waals surface area (Å²) in [5, 5.41) is 8.44. The van der Waals surface area contributed by atoms with E-state index in [0.717, 1.165) is 5.56 Å². The Labute approximate surface area is 67.6 Å². The number of rotatable bonds is 1. The highest BCUT2D eigenvalue weighted by molar-refractivity contribution is 5.74. The van der Waals surface area contributed by atoms with Crippen molar-refractivity contribution < 1.29 is 0 Å². The van der Waals surface area contributed by atoms with Crippen molar-refractivity contribution in [3.8, 4) is 6.07 Å². The van der Waals surface area contributed by atoms with Gasteiger partial charge in [0.05, 0.1) is 11.6 Å². The summed E-state index contributed by atoms with van der Waals surface area (Å²) in [6.45, 7) is 3.58. The molecule has 11 heavy (non-hydrogen) atoms. The molecule has 0 saturated heterocycles. The maximum Gasteiger partial charge on any atom is 0.0991 e. The van der Waals surface area contributed by atoms with Crippen LogP contribution >= 0.6 is 0 Å². The number of hydrogen-bond acceptors (Lipinski definition) is 1. The van der Waals surface area contributed by atoms with Crippen molar-refractivity contribution in [1.82, 2.24) is 0 Å². The zero-order valence-electron chi connectivity index (χ0n) is 5.54. The van der Waals surface area contributed by atoms with E-state index in [2.05, 4.69) is 6.58 Å². The molecule has 1 heteroatoms. The highest BCUT2D eigenvalue weighted by Crippen LogP contribution is 2.08. The van der Waals surface area contributed by atoms with Gasteiger partial charge in [-0.2, -0.15) is 5.26 Å². The molecule has 0 fully saturated rings. The van der Waals surface area contributed by atoms with E-state index >= 15 is 0 Å². The van der Waals surface area contributed by atoms with Crippen LogP contribution in [0.25, 0.3) is 5.57 Å². The van der Waals surface area contributed by atoms with Crippen LogP contribution in [0.5, 0.6) is 0 Å². The Morgan fingerprint density at radius 1 is 1.27 bits per heavy atom. The number of hydrogen-bond donors (Lipinski definition) is 0. The van der Waals surface area contributed by atoms with Crippen LogP contribution in [0.4, 0.5) is 0 Å². The second kappa shape index (κ2) is 4.29. The Hall–Kier alpha value is -1.55. The Bertz CT molecular complexity index is 267. The van der Waals surface area contributed by atoms with E-state index in [1.54, 1.807) is 0 Å². The van der Waals surface area contributed by atoms with Crippen molar-refractivity contribution in [1.29, 1.82) is 5.26 Å². The molecule has 0 atom stereocenters. The fourth-order valence-corrected chi connectivity index (χ4v) is 0.704. The predicted octanol–water partition coefficient (Wildman–Crippen LogP) is 2.86. The highest BCUT2D eigenvalue weighted by atomic mass is 14.2. The third kappa shape index (κ3) is 2.27. The van der Waals surface area contributed by atoms with Crippen molar-refractivity contribution in [3.63, 3.8) is 0 Å². The molecular weight excluding hydrogens is 134 g/mol. The lowest BCUT2D eigenvalue weighted by molar-refractivity contribution is 1.52. The van der Waals surface area contributed by atoms with E-state index in [9.17, 15) is 0 Å². The number of nitriles is 1. The average molecular weight is 145 g/mol. The van der Waals surface area contributed by atoms with Crippen LogP contribution in [0.2, 0.25) is 0 Å². The van der Waals surface area contributed by atoms with Crippen LogP contribution in [-0.2, 0) is 0 Å². The van der Waals surface area contributed by atoms with Gasteiger partial charge in [-0.05, 0) is 5.56 Å². The summed E-state index contributed by atoms with van der Waals surface area (Å²) in [5.41, 5.74) is 1.41. The van der Waals surface area contributed by atoms with Gasteiger partial charge in [0.15, 0.2) is 0 Å². The molecular formula is C10H11N. The molecule has 0 bridgehead atoms. The van der Waals surface area contributed by atoms with Crippen LogP contribution in [0, 0.1) is 11.3 Å². The van der Waals surface area contributed by atoms with Gasteiger partial charge in [0.1, 0.15) is 0 Å². The van der Waals surface area contributed by atoms with Gasteiger partial charge in [-0.25, -0.2) is 0 Å². The van der Waals surface area contributed by atoms with Crippen molar-refractivity contribution in [2.24, 2.45) is 0 Å². The lowest BCUT2D eigenvalue weighted by Gasteiger charge is -1.92. The van der Waals surface area contributed by atoms with Crippen molar-refractivity contribution in [2.75, 3.05) is 0 Å². The minimum absolute atomic E-state index is 0. The zero-order chi connectivity index (χ0) is 7.40. The van der Waals surface area contributed by atoms with E-state index in [1.165, 1.54) is 0 Å². The number of nitrogens with zero attached hydrogens (tertiary/aromatic N) is 1. The third-order valence-corrected chi connectivity index (χ3v) is 1.26. The summed E-state index contributed by atoms with van der Waals surface area (Å²) < 4.78 is 0. The topological polar surface area (TPSA) is 23.8 Å². The zero-order valence-corrected chi connectivity index (χ0v) is 5.54. The van der Waals surface area contributed by atoms with Crippen LogP contribution in [0.15, 0.2) is 36.9 Å². The lowest BCUT2D eigenvalue weighted by atomic mass is 10.1. The molecule has 1 nitrogen and oxygen atoms in total. The Morgan fingerprint density at radius 2 is 1.82 bits per heavy atom. The summed E-state index contributed by atoms with van der Waals surface area (Å²) in [4.78, 5) is 0. The summed E-state index contributed by atoms with van der Waals surface area (Å²) >= 11 is 0. The first-order valence-electron chi connectivity index (χ1n) is 2.99. The molecule has 0 heterocycles. The van der Waals surface area contributed by atoms with Gasteiger partial charge in [-0.3, -0.25) is 0 Å². The lowest BCUT2D eigenvalue weighted by Crippen LogP contribution is -1.75. The van der Waals surface area contributed by atoms with Gasteiger partial charge in [0.2, 0.25) is 0 Å². The van der Waals surface area contributed by atoms with Gasteiger partial charge in [-0.15, -0.1) is 0 Å². The number of benzene rings is 1. The van der Waals surface area contributed by atoms with Gasteiger partial charge in [0, 0.05) is 0 Å². The first-order chi connectivity index (χ1) is 4.84.